The summed E-state index contributed by atoms with van der Waals surface area (Å²) in [6.45, 7) is 0. The topological polar surface area (TPSA) is 102 Å². The Morgan fingerprint density at radius 1 is 1.35 bits per heavy atom. The van der Waals surface area contributed by atoms with Crippen molar-refractivity contribution in [2.45, 2.75) is 0 Å². The van der Waals surface area contributed by atoms with Crippen molar-refractivity contribution in [3.63, 3.8) is 0 Å². The molecule has 0 unspecified atom stereocenters. The molecule has 0 aliphatic rings. The van der Waals surface area contributed by atoms with Crippen molar-refractivity contribution < 1.29 is 10.0 Å². The highest BCUT2D eigenvalue weighted by molar-refractivity contribution is 5.78. The lowest BCUT2D eigenvalue weighted by atomic mass is 10.1. The predicted molar refractivity (Wildman–Crippen MR) is 62.4 cm³/mol. The van der Waals surface area contributed by atoms with Crippen LogP contribution < -0.4 is 5.73 Å². The standard InChI is InChI=1S/C11H9N3O3/c12-9-4-5-13-10(11(9)14(16)17)7-2-1-3-8(15)6-7/h1-6,15H,(H2,12,13). The number of anilines is 1. The summed E-state index contributed by atoms with van der Waals surface area (Å²) in [5, 5.41) is 20.3. The smallest absolute Gasteiger partial charge is 0.318 e. The Bertz CT molecular complexity index is 584. The van der Waals surface area contributed by atoms with Gasteiger partial charge in [-0.05, 0) is 18.2 Å². The molecule has 0 spiro atoms. The van der Waals surface area contributed by atoms with Gasteiger partial charge in [-0.25, -0.2) is 4.98 Å². The van der Waals surface area contributed by atoms with E-state index in [0.29, 0.717) is 5.56 Å². The number of nitro groups is 1. The van der Waals surface area contributed by atoms with E-state index in [0.717, 1.165) is 0 Å². The number of nitrogen functional groups attached to an aromatic ring is 1. The van der Waals surface area contributed by atoms with Crippen LogP contribution in [0.1, 0.15) is 0 Å². The van der Waals surface area contributed by atoms with Gasteiger partial charge in [-0.1, -0.05) is 12.1 Å². The van der Waals surface area contributed by atoms with Gasteiger partial charge in [0.05, 0.1) is 4.92 Å². The lowest BCUT2D eigenvalue weighted by Gasteiger charge is -2.04. The van der Waals surface area contributed by atoms with Gasteiger partial charge in [-0.2, -0.15) is 0 Å². The predicted octanol–water partition coefficient (Wildman–Crippen LogP) is 1.94. The zero-order valence-corrected chi connectivity index (χ0v) is 8.70. The van der Waals surface area contributed by atoms with E-state index < -0.39 is 4.92 Å². The maximum absolute atomic E-state index is 10.9. The molecule has 0 fully saturated rings. The van der Waals surface area contributed by atoms with Crippen LogP contribution in [0.2, 0.25) is 0 Å². The molecular formula is C11H9N3O3. The normalized spacial score (nSPS) is 10.1. The van der Waals surface area contributed by atoms with Crippen LogP contribution in [0.3, 0.4) is 0 Å². The second-order valence-corrected chi connectivity index (χ2v) is 3.40. The molecule has 0 saturated heterocycles. The first-order chi connectivity index (χ1) is 8.09. The molecule has 17 heavy (non-hydrogen) atoms. The Hall–Kier alpha value is -2.63. The molecule has 0 amide bonds. The number of phenolic OH excluding ortho intramolecular Hbond substituents is 1. The van der Waals surface area contributed by atoms with Crippen molar-refractivity contribution in [2.24, 2.45) is 0 Å². The fourth-order valence-corrected chi connectivity index (χ4v) is 1.53. The summed E-state index contributed by atoms with van der Waals surface area (Å²) in [6.07, 6.45) is 1.39. The number of hydrogen-bond acceptors (Lipinski definition) is 5. The van der Waals surface area contributed by atoms with E-state index >= 15 is 0 Å². The summed E-state index contributed by atoms with van der Waals surface area (Å²) in [5.41, 5.74) is 5.94. The third-order valence-corrected chi connectivity index (χ3v) is 2.26. The number of benzene rings is 1. The first-order valence-corrected chi connectivity index (χ1v) is 4.78. The zero-order chi connectivity index (χ0) is 12.4. The Kier molecular flexibility index (Phi) is 2.61. The summed E-state index contributed by atoms with van der Waals surface area (Å²) in [6, 6.07) is 7.44. The van der Waals surface area contributed by atoms with Crippen molar-refractivity contribution in [2.75, 3.05) is 5.73 Å². The lowest BCUT2D eigenvalue weighted by molar-refractivity contribution is -0.383. The Balaban J connectivity index is 2.67. The van der Waals surface area contributed by atoms with Crippen LogP contribution in [-0.4, -0.2) is 15.0 Å². The lowest BCUT2D eigenvalue weighted by Crippen LogP contribution is -1.99. The summed E-state index contributed by atoms with van der Waals surface area (Å²) >= 11 is 0. The molecule has 0 radical (unpaired) electrons. The molecule has 1 heterocycles. The van der Waals surface area contributed by atoms with Crippen molar-refractivity contribution in [3.05, 3.63) is 46.6 Å². The number of pyridine rings is 1. The molecular weight excluding hydrogens is 222 g/mol. The first kappa shape index (κ1) is 10.9. The molecule has 6 nitrogen and oxygen atoms in total. The molecule has 2 aromatic rings. The number of hydrogen-bond donors (Lipinski definition) is 2. The highest BCUT2D eigenvalue weighted by Gasteiger charge is 2.20. The van der Waals surface area contributed by atoms with E-state index in [1.54, 1.807) is 12.1 Å². The largest absolute Gasteiger partial charge is 0.508 e. The van der Waals surface area contributed by atoms with Gasteiger partial charge in [-0.3, -0.25) is 10.1 Å². The molecule has 0 bridgehead atoms. The zero-order valence-electron chi connectivity index (χ0n) is 8.70. The van der Waals surface area contributed by atoms with Gasteiger partial charge in [0.25, 0.3) is 0 Å². The molecule has 0 atom stereocenters. The molecule has 3 N–H and O–H groups in total. The Morgan fingerprint density at radius 3 is 2.76 bits per heavy atom. The second-order valence-electron chi connectivity index (χ2n) is 3.40. The fourth-order valence-electron chi connectivity index (χ4n) is 1.53. The van der Waals surface area contributed by atoms with E-state index in [1.165, 1.54) is 24.4 Å². The van der Waals surface area contributed by atoms with E-state index in [-0.39, 0.29) is 22.8 Å². The Labute approximate surface area is 96.5 Å². The Morgan fingerprint density at radius 2 is 2.12 bits per heavy atom. The average Bonchev–Trinajstić information content (AvgIpc) is 2.28. The van der Waals surface area contributed by atoms with E-state index in [2.05, 4.69) is 4.98 Å². The van der Waals surface area contributed by atoms with Crippen LogP contribution in [0.15, 0.2) is 36.5 Å². The van der Waals surface area contributed by atoms with Gasteiger partial charge < -0.3 is 10.8 Å². The molecule has 1 aromatic heterocycles. The number of aromatic nitrogens is 1. The van der Waals surface area contributed by atoms with Crippen molar-refractivity contribution in [3.8, 4) is 17.0 Å². The van der Waals surface area contributed by atoms with E-state index in [4.69, 9.17) is 5.73 Å². The maximum Gasteiger partial charge on any atom is 0.318 e. The molecule has 0 aliphatic carbocycles. The number of nitrogens with zero attached hydrogens (tertiary/aromatic N) is 2. The van der Waals surface area contributed by atoms with Gasteiger partial charge in [0.1, 0.15) is 11.4 Å². The monoisotopic (exact) mass is 231 g/mol. The van der Waals surface area contributed by atoms with Crippen molar-refractivity contribution in [1.82, 2.24) is 4.98 Å². The SMILES string of the molecule is Nc1ccnc(-c2cccc(O)c2)c1[N+](=O)[O-]. The first-order valence-electron chi connectivity index (χ1n) is 4.78. The van der Waals surface area contributed by atoms with Crippen LogP contribution in [0.25, 0.3) is 11.3 Å². The average molecular weight is 231 g/mol. The molecule has 6 heteroatoms. The van der Waals surface area contributed by atoms with Gasteiger partial charge in [0.15, 0.2) is 5.69 Å². The third-order valence-electron chi connectivity index (χ3n) is 2.26. The van der Waals surface area contributed by atoms with Crippen molar-refractivity contribution >= 4 is 11.4 Å². The second kappa shape index (κ2) is 4.09. The quantitative estimate of drug-likeness (QED) is 0.607. The minimum atomic E-state index is -0.582. The molecule has 0 aliphatic heterocycles. The number of phenols is 1. The van der Waals surface area contributed by atoms with Crippen LogP contribution in [-0.2, 0) is 0 Å². The minimum absolute atomic E-state index is 0.0148. The highest BCUT2D eigenvalue weighted by atomic mass is 16.6. The van der Waals surface area contributed by atoms with Crippen LogP contribution in [0, 0.1) is 10.1 Å². The van der Waals surface area contributed by atoms with E-state index in [1.807, 2.05) is 0 Å². The highest BCUT2D eigenvalue weighted by Crippen LogP contribution is 2.33. The summed E-state index contributed by atoms with van der Waals surface area (Å²) in [7, 11) is 0. The van der Waals surface area contributed by atoms with Gasteiger partial charge in [0.2, 0.25) is 0 Å². The minimum Gasteiger partial charge on any atom is -0.508 e. The van der Waals surface area contributed by atoms with Gasteiger partial charge >= 0.3 is 5.69 Å². The number of rotatable bonds is 2. The third kappa shape index (κ3) is 2.00. The fraction of sp³-hybridized carbons (Fsp3) is 0. The van der Waals surface area contributed by atoms with Crippen LogP contribution in [0.4, 0.5) is 11.4 Å². The summed E-state index contributed by atoms with van der Waals surface area (Å²) < 4.78 is 0. The summed E-state index contributed by atoms with van der Waals surface area (Å²) in [5.74, 6) is 0.0148. The van der Waals surface area contributed by atoms with Gasteiger partial charge in [0, 0.05) is 11.8 Å². The van der Waals surface area contributed by atoms with Crippen LogP contribution >= 0.6 is 0 Å². The molecule has 2 rings (SSSR count). The summed E-state index contributed by atoms with van der Waals surface area (Å²) in [4.78, 5) is 14.3. The number of nitrogens with two attached hydrogens (primary N) is 1. The maximum atomic E-state index is 10.9. The molecule has 86 valence electrons. The molecule has 1 aromatic carbocycles. The number of aromatic hydroxyl groups is 1. The van der Waals surface area contributed by atoms with E-state index in [9.17, 15) is 15.2 Å². The van der Waals surface area contributed by atoms with Crippen LogP contribution in [0.5, 0.6) is 5.75 Å². The molecule has 0 saturated carbocycles. The van der Waals surface area contributed by atoms with Gasteiger partial charge in [-0.15, -0.1) is 0 Å². The van der Waals surface area contributed by atoms with Crippen molar-refractivity contribution in [1.29, 1.82) is 0 Å².